The summed E-state index contributed by atoms with van der Waals surface area (Å²) in [5, 5.41) is 6.03. The number of esters is 1. The summed E-state index contributed by atoms with van der Waals surface area (Å²) in [6.45, 7) is 4.93. The minimum atomic E-state index is -1.19. The van der Waals surface area contributed by atoms with Gasteiger partial charge in [0.15, 0.2) is 0 Å². The van der Waals surface area contributed by atoms with Crippen LogP contribution in [0.1, 0.15) is 67.3 Å². The van der Waals surface area contributed by atoms with Crippen LogP contribution in [0.2, 0.25) is 0 Å². The summed E-state index contributed by atoms with van der Waals surface area (Å²) in [5.74, 6) is -1.69. The van der Waals surface area contributed by atoms with Crippen LogP contribution in [-0.4, -0.2) is 60.6 Å². The molecule has 0 aromatic heterocycles. The van der Waals surface area contributed by atoms with Crippen molar-refractivity contribution in [1.29, 1.82) is 0 Å². The highest BCUT2D eigenvalue weighted by Gasteiger charge is 2.38. The zero-order chi connectivity index (χ0) is 39.0. The van der Waals surface area contributed by atoms with Crippen molar-refractivity contribution in [2.45, 2.75) is 56.7 Å². The Bertz CT molecular complexity index is 1970. The zero-order valence-electron chi connectivity index (χ0n) is 31.7. The molecule has 1 atom stereocenters. The SMILES string of the molecule is CN(CC(=O)OC(C)(C)C)C(=O)[C@H](CCC(=O)NC(c1ccccc1)(c1ccccc1)c1ccccc1)NC(=O)OCC1c2ccccc2-c2ccccc21. The van der Waals surface area contributed by atoms with Crippen molar-refractivity contribution < 1.29 is 28.7 Å². The normalized spacial score (nSPS) is 12.8. The smallest absolute Gasteiger partial charge is 0.407 e. The van der Waals surface area contributed by atoms with Crippen molar-refractivity contribution in [3.05, 3.63) is 167 Å². The van der Waals surface area contributed by atoms with Crippen LogP contribution in [0.25, 0.3) is 11.1 Å². The Morgan fingerprint density at radius 2 is 1.13 bits per heavy atom. The molecule has 0 aliphatic heterocycles. The monoisotopic (exact) mass is 737 g/mol. The number of fused-ring (bicyclic) bond motifs is 3. The number of likely N-dealkylation sites (N-methyl/N-ethyl adjacent to an activating group) is 1. The molecule has 5 aromatic rings. The second-order valence-corrected chi connectivity index (χ2v) is 14.7. The third kappa shape index (κ3) is 8.95. The summed E-state index contributed by atoms with van der Waals surface area (Å²) in [6, 6.07) is 44.0. The first kappa shape index (κ1) is 38.5. The first-order valence-electron chi connectivity index (χ1n) is 18.5. The minimum absolute atomic E-state index is 0.0444. The number of benzene rings is 5. The van der Waals surface area contributed by atoms with Crippen LogP contribution in [0, 0.1) is 0 Å². The lowest BCUT2D eigenvalue weighted by molar-refractivity contribution is -0.158. The van der Waals surface area contributed by atoms with Crippen molar-refractivity contribution in [1.82, 2.24) is 15.5 Å². The van der Waals surface area contributed by atoms with Crippen LogP contribution in [0.3, 0.4) is 0 Å². The molecular weight excluding hydrogens is 691 g/mol. The Hall–Kier alpha value is -6.22. The molecule has 1 aliphatic rings. The maximum absolute atomic E-state index is 14.2. The fourth-order valence-electron chi connectivity index (χ4n) is 7.28. The molecule has 9 nitrogen and oxygen atoms in total. The van der Waals surface area contributed by atoms with Gasteiger partial charge in [-0.1, -0.05) is 140 Å². The number of carbonyl (C=O) groups excluding carboxylic acids is 4. The van der Waals surface area contributed by atoms with Gasteiger partial charge in [-0.15, -0.1) is 0 Å². The summed E-state index contributed by atoms with van der Waals surface area (Å²) in [7, 11) is 1.46. The number of nitrogens with one attached hydrogen (secondary N) is 2. The molecule has 0 radical (unpaired) electrons. The third-order valence-electron chi connectivity index (χ3n) is 9.70. The van der Waals surface area contributed by atoms with Gasteiger partial charge in [-0.05, 0) is 66.1 Å². The summed E-state index contributed by atoms with van der Waals surface area (Å²) in [5.41, 5.74) is 5.02. The number of hydrogen-bond donors (Lipinski definition) is 2. The second-order valence-electron chi connectivity index (χ2n) is 14.7. The molecule has 0 unspecified atom stereocenters. The number of carbonyl (C=O) groups is 4. The van der Waals surface area contributed by atoms with Crippen LogP contribution in [0.4, 0.5) is 4.79 Å². The summed E-state index contributed by atoms with van der Waals surface area (Å²) >= 11 is 0. The van der Waals surface area contributed by atoms with E-state index in [-0.39, 0.29) is 37.8 Å². The lowest BCUT2D eigenvalue weighted by atomic mass is 9.77. The van der Waals surface area contributed by atoms with Crippen LogP contribution >= 0.6 is 0 Å². The fraction of sp³-hybridized carbons (Fsp3) is 0.261. The highest BCUT2D eigenvalue weighted by atomic mass is 16.6. The van der Waals surface area contributed by atoms with Gasteiger partial charge in [0, 0.05) is 19.4 Å². The molecule has 2 N–H and O–H groups in total. The number of alkyl carbamates (subject to hydrolysis) is 1. The highest BCUT2D eigenvalue weighted by Crippen LogP contribution is 2.44. The van der Waals surface area contributed by atoms with Gasteiger partial charge >= 0.3 is 12.1 Å². The van der Waals surface area contributed by atoms with Crippen LogP contribution in [0.15, 0.2) is 140 Å². The zero-order valence-corrected chi connectivity index (χ0v) is 31.7. The van der Waals surface area contributed by atoms with Crippen molar-refractivity contribution in [3.8, 4) is 11.1 Å². The van der Waals surface area contributed by atoms with E-state index in [0.29, 0.717) is 0 Å². The number of hydrogen-bond acceptors (Lipinski definition) is 6. The molecule has 0 saturated heterocycles. The van der Waals surface area contributed by atoms with E-state index in [1.165, 1.54) is 11.9 Å². The van der Waals surface area contributed by atoms with Gasteiger partial charge < -0.3 is 25.0 Å². The Kier molecular flexibility index (Phi) is 11.8. The Morgan fingerprint density at radius 3 is 1.60 bits per heavy atom. The van der Waals surface area contributed by atoms with Gasteiger partial charge in [-0.2, -0.15) is 0 Å². The Balaban J connectivity index is 1.22. The average molecular weight is 738 g/mol. The van der Waals surface area contributed by atoms with E-state index in [2.05, 4.69) is 22.8 Å². The summed E-state index contributed by atoms with van der Waals surface area (Å²) in [6.07, 6.45) is -1.00. The third-order valence-corrected chi connectivity index (χ3v) is 9.70. The van der Waals surface area contributed by atoms with Gasteiger partial charge in [0.05, 0.1) is 0 Å². The molecule has 5 aromatic carbocycles. The number of amides is 3. The largest absolute Gasteiger partial charge is 0.459 e. The quantitative estimate of drug-likeness (QED) is 0.0952. The lowest BCUT2D eigenvalue weighted by Crippen LogP contribution is -2.51. The highest BCUT2D eigenvalue weighted by molar-refractivity contribution is 5.89. The molecular formula is C46H47N3O6. The molecule has 3 amide bonds. The molecule has 6 rings (SSSR count). The van der Waals surface area contributed by atoms with E-state index in [1.807, 2.05) is 127 Å². The first-order chi connectivity index (χ1) is 26.5. The number of nitrogens with zero attached hydrogens (tertiary/aromatic N) is 1. The molecule has 0 bridgehead atoms. The van der Waals surface area contributed by atoms with Crippen LogP contribution in [0.5, 0.6) is 0 Å². The summed E-state index contributed by atoms with van der Waals surface area (Å²) in [4.78, 5) is 55.5. The maximum atomic E-state index is 14.2. The average Bonchev–Trinajstić information content (AvgIpc) is 3.51. The molecule has 9 heteroatoms. The van der Waals surface area contributed by atoms with E-state index in [9.17, 15) is 19.2 Å². The molecule has 0 saturated carbocycles. The molecule has 282 valence electrons. The van der Waals surface area contributed by atoms with E-state index < -0.39 is 35.2 Å². The van der Waals surface area contributed by atoms with E-state index in [0.717, 1.165) is 38.9 Å². The fourth-order valence-corrected chi connectivity index (χ4v) is 7.28. The minimum Gasteiger partial charge on any atom is -0.459 e. The topological polar surface area (TPSA) is 114 Å². The number of rotatable bonds is 13. The lowest BCUT2D eigenvalue weighted by Gasteiger charge is -2.37. The first-order valence-corrected chi connectivity index (χ1v) is 18.5. The van der Waals surface area contributed by atoms with Crippen LogP contribution in [-0.2, 0) is 29.4 Å². The molecule has 0 spiro atoms. The standard InChI is InChI=1S/C46H47N3O6/c1-45(2,3)55-42(51)30-49(4)43(52)40(47-44(53)54-31-39-37-26-16-14-24-35(37)36-25-15-17-27-38(36)39)28-29-41(50)48-46(32-18-8-5-9-19-32,33-20-10-6-11-21-33)34-22-12-7-13-23-34/h5-27,39-40H,28-31H2,1-4H3,(H,47,53)(H,48,50)/t40-/m0/s1. The molecule has 0 heterocycles. The number of ether oxygens (including phenoxy) is 2. The van der Waals surface area contributed by atoms with Crippen molar-refractivity contribution in [2.24, 2.45) is 0 Å². The van der Waals surface area contributed by atoms with Gasteiger partial charge in [0.1, 0.15) is 30.3 Å². The van der Waals surface area contributed by atoms with Gasteiger partial charge in [-0.25, -0.2) is 4.79 Å². The van der Waals surface area contributed by atoms with Crippen molar-refractivity contribution in [3.63, 3.8) is 0 Å². The predicted molar refractivity (Wildman–Crippen MR) is 212 cm³/mol. The molecule has 55 heavy (non-hydrogen) atoms. The van der Waals surface area contributed by atoms with Gasteiger partial charge in [0.2, 0.25) is 11.8 Å². The predicted octanol–water partition coefficient (Wildman–Crippen LogP) is 7.58. The van der Waals surface area contributed by atoms with E-state index in [1.54, 1.807) is 20.8 Å². The Labute approximate surface area is 322 Å². The van der Waals surface area contributed by atoms with Crippen molar-refractivity contribution in [2.75, 3.05) is 20.2 Å². The molecule has 1 aliphatic carbocycles. The van der Waals surface area contributed by atoms with Gasteiger partial charge in [0.25, 0.3) is 0 Å². The van der Waals surface area contributed by atoms with E-state index >= 15 is 0 Å². The second kappa shape index (κ2) is 16.8. The Morgan fingerprint density at radius 1 is 0.673 bits per heavy atom. The maximum Gasteiger partial charge on any atom is 0.407 e. The van der Waals surface area contributed by atoms with Gasteiger partial charge in [-0.3, -0.25) is 14.4 Å². The summed E-state index contributed by atoms with van der Waals surface area (Å²) < 4.78 is 11.2. The van der Waals surface area contributed by atoms with E-state index in [4.69, 9.17) is 9.47 Å². The van der Waals surface area contributed by atoms with Crippen LogP contribution < -0.4 is 10.6 Å². The molecule has 0 fully saturated rings. The van der Waals surface area contributed by atoms with Crippen molar-refractivity contribution >= 4 is 23.9 Å².